The monoisotopic (exact) mass is 514 g/mol. The molecule has 0 aliphatic carbocycles. The van der Waals surface area contributed by atoms with Gasteiger partial charge in [0.05, 0.1) is 19.0 Å². The highest BCUT2D eigenvalue weighted by molar-refractivity contribution is 6.39. The summed E-state index contributed by atoms with van der Waals surface area (Å²) in [6, 6.07) is 18.0. The van der Waals surface area contributed by atoms with Crippen molar-refractivity contribution in [2.75, 3.05) is 24.4 Å². The molecule has 3 rings (SSSR count). The summed E-state index contributed by atoms with van der Waals surface area (Å²) in [6.45, 7) is -0.303. The van der Waals surface area contributed by atoms with Gasteiger partial charge in [-0.2, -0.15) is 5.10 Å². The number of para-hydroxylation sites is 3. The molecule has 35 heavy (non-hydrogen) atoms. The summed E-state index contributed by atoms with van der Waals surface area (Å²) in [5.74, 6) is -1.59. The largest absolute Gasteiger partial charge is 0.495 e. The Morgan fingerprint density at radius 2 is 1.54 bits per heavy atom. The predicted molar refractivity (Wildman–Crippen MR) is 134 cm³/mol. The Kier molecular flexibility index (Phi) is 9.05. The van der Waals surface area contributed by atoms with E-state index in [1.807, 2.05) is 0 Å². The molecule has 11 heteroatoms. The van der Waals surface area contributed by atoms with Crippen LogP contribution in [0.15, 0.2) is 71.8 Å². The topological polar surface area (TPSA) is 118 Å². The number of hydrogen-bond acceptors (Lipinski definition) is 6. The Balaban J connectivity index is 1.55. The summed E-state index contributed by atoms with van der Waals surface area (Å²) in [7, 11) is 1.45. The first-order valence-corrected chi connectivity index (χ1v) is 10.9. The van der Waals surface area contributed by atoms with E-state index in [2.05, 4.69) is 21.2 Å². The fourth-order valence-electron chi connectivity index (χ4n) is 2.82. The highest BCUT2D eigenvalue weighted by Gasteiger charge is 2.15. The first-order chi connectivity index (χ1) is 16.9. The summed E-state index contributed by atoms with van der Waals surface area (Å²) >= 11 is 11.9. The van der Waals surface area contributed by atoms with Crippen LogP contribution < -0.4 is 25.5 Å². The maximum atomic E-state index is 12.2. The lowest BCUT2D eigenvalue weighted by Gasteiger charge is -2.10. The lowest BCUT2D eigenvalue weighted by atomic mass is 10.2. The number of hydrazone groups is 1. The van der Waals surface area contributed by atoms with E-state index in [0.717, 1.165) is 0 Å². The van der Waals surface area contributed by atoms with E-state index in [1.165, 1.54) is 13.3 Å². The number of benzene rings is 3. The lowest BCUT2D eigenvalue weighted by molar-refractivity contribution is -0.136. The second-order valence-electron chi connectivity index (χ2n) is 6.89. The molecular weight excluding hydrogens is 495 g/mol. The summed E-state index contributed by atoms with van der Waals surface area (Å²) in [6.07, 6.45) is 1.29. The molecule has 0 aliphatic rings. The molecule has 0 atom stereocenters. The second kappa shape index (κ2) is 12.4. The Morgan fingerprint density at radius 1 is 0.886 bits per heavy atom. The van der Waals surface area contributed by atoms with Crippen molar-refractivity contribution in [3.63, 3.8) is 0 Å². The van der Waals surface area contributed by atoms with Crippen molar-refractivity contribution in [3.8, 4) is 11.5 Å². The number of methoxy groups -OCH3 is 1. The zero-order valence-corrected chi connectivity index (χ0v) is 19.9. The van der Waals surface area contributed by atoms with Crippen molar-refractivity contribution in [1.82, 2.24) is 5.43 Å². The summed E-state index contributed by atoms with van der Waals surface area (Å²) in [5.41, 5.74) is 3.39. The SMILES string of the molecule is COc1ccccc1NC(=O)C(=O)NN=Cc1ccccc1OCC(=O)Nc1cc(Cl)cc(Cl)c1. The van der Waals surface area contributed by atoms with Crippen LogP contribution in [-0.2, 0) is 14.4 Å². The van der Waals surface area contributed by atoms with Crippen molar-refractivity contribution < 1.29 is 23.9 Å². The number of ether oxygens (including phenoxy) is 2. The fourth-order valence-corrected chi connectivity index (χ4v) is 3.35. The molecule has 0 heterocycles. The molecule has 0 saturated heterocycles. The van der Waals surface area contributed by atoms with Gasteiger partial charge in [0.25, 0.3) is 5.91 Å². The highest BCUT2D eigenvalue weighted by atomic mass is 35.5. The van der Waals surface area contributed by atoms with Crippen LogP contribution in [0.1, 0.15) is 5.56 Å². The molecule has 9 nitrogen and oxygen atoms in total. The van der Waals surface area contributed by atoms with Crippen LogP contribution in [0.4, 0.5) is 11.4 Å². The average molecular weight is 515 g/mol. The van der Waals surface area contributed by atoms with Crippen molar-refractivity contribution in [2.24, 2.45) is 5.10 Å². The van der Waals surface area contributed by atoms with Crippen LogP contribution in [-0.4, -0.2) is 37.7 Å². The molecule has 3 aromatic rings. The number of anilines is 2. The number of rotatable bonds is 8. The molecule has 180 valence electrons. The zero-order valence-electron chi connectivity index (χ0n) is 18.4. The Bertz CT molecular complexity index is 1250. The Morgan fingerprint density at radius 3 is 2.26 bits per heavy atom. The highest BCUT2D eigenvalue weighted by Crippen LogP contribution is 2.23. The molecule has 3 amide bonds. The molecule has 0 spiro atoms. The average Bonchev–Trinajstić information content (AvgIpc) is 2.83. The predicted octanol–water partition coefficient (Wildman–Crippen LogP) is 4.11. The van der Waals surface area contributed by atoms with E-state index in [0.29, 0.717) is 38.5 Å². The maximum Gasteiger partial charge on any atom is 0.329 e. The quantitative estimate of drug-likeness (QED) is 0.237. The van der Waals surface area contributed by atoms with Crippen molar-refractivity contribution in [3.05, 3.63) is 82.3 Å². The first-order valence-electron chi connectivity index (χ1n) is 10.1. The van der Waals surface area contributed by atoms with Gasteiger partial charge in [-0.1, -0.05) is 47.5 Å². The molecule has 0 fully saturated rings. The van der Waals surface area contributed by atoms with Gasteiger partial charge in [0.1, 0.15) is 11.5 Å². The molecule has 0 saturated carbocycles. The number of hydrogen-bond donors (Lipinski definition) is 3. The molecule has 0 aliphatic heterocycles. The number of carbonyl (C=O) groups is 3. The molecule has 3 N–H and O–H groups in total. The summed E-state index contributed by atoms with van der Waals surface area (Å²) in [5, 5.41) is 9.64. The minimum absolute atomic E-state index is 0.303. The van der Waals surface area contributed by atoms with Crippen LogP contribution in [0.2, 0.25) is 10.0 Å². The normalized spacial score (nSPS) is 10.5. The van der Waals surface area contributed by atoms with Crippen LogP contribution in [0.25, 0.3) is 0 Å². The number of nitrogens with one attached hydrogen (secondary N) is 3. The summed E-state index contributed by atoms with van der Waals surface area (Å²) in [4.78, 5) is 36.4. The summed E-state index contributed by atoms with van der Waals surface area (Å²) < 4.78 is 10.7. The minimum Gasteiger partial charge on any atom is -0.495 e. The van der Waals surface area contributed by atoms with E-state index in [1.54, 1.807) is 66.7 Å². The van der Waals surface area contributed by atoms with Gasteiger partial charge in [0.15, 0.2) is 6.61 Å². The number of amides is 3. The van der Waals surface area contributed by atoms with Gasteiger partial charge in [-0.15, -0.1) is 0 Å². The Labute approximate surface area is 211 Å². The standard InChI is InChI=1S/C24H20Cl2N4O5/c1-34-21-9-5-3-7-19(21)29-23(32)24(33)30-27-13-15-6-2-4-8-20(15)35-14-22(31)28-18-11-16(25)10-17(26)12-18/h2-13H,14H2,1H3,(H,28,31)(H,29,32)(H,30,33). The number of carbonyl (C=O) groups excluding carboxylic acids is 3. The van der Waals surface area contributed by atoms with Crippen LogP contribution >= 0.6 is 23.2 Å². The third-order valence-electron chi connectivity index (χ3n) is 4.36. The number of nitrogens with zero attached hydrogens (tertiary/aromatic N) is 1. The van der Waals surface area contributed by atoms with Gasteiger partial charge < -0.3 is 20.1 Å². The van der Waals surface area contributed by atoms with E-state index < -0.39 is 17.7 Å². The van der Waals surface area contributed by atoms with Crippen molar-refractivity contribution in [2.45, 2.75) is 0 Å². The number of halogens is 2. The molecule has 0 aromatic heterocycles. The van der Waals surface area contributed by atoms with Gasteiger partial charge in [-0.25, -0.2) is 5.43 Å². The second-order valence-corrected chi connectivity index (χ2v) is 7.76. The molecule has 0 unspecified atom stereocenters. The van der Waals surface area contributed by atoms with Crippen LogP contribution in [0, 0.1) is 0 Å². The van der Waals surface area contributed by atoms with Gasteiger partial charge in [-0.05, 0) is 42.5 Å². The molecule has 0 bridgehead atoms. The third kappa shape index (κ3) is 7.73. The van der Waals surface area contributed by atoms with E-state index >= 15 is 0 Å². The minimum atomic E-state index is -0.981. The first kappa shape index (κ1) is 25.5. The van der Waals surface area contributed by atoms with E-state index in [9.17, 15) is 14.4 Å². The smallest absolute Gasteiger partial charge is 0.329 e. The van der Waals surface area contributed by atoms with Gasteiger partial charge in [-0.3, -0.25) is 14.4 Å². The zero-order chi connectivity index (χ0) is 25.2. The Hall–Kier alpha value is -4.08. The van der Waals surface area contributed by atoms with Crippen molar-refractivity contribution in [1.29, 1.82) is 0 Å². The van der Waals surface area contributed by atoms with Gasteiger partial charge in [0.2, 0.25) is 0 Å². The van der Waals surface area contributed by atoms with Gasteiger partial charge in [0, 0.05) is 21.3 Å². The molecule has 3 aromatic carbocycles. The van der Waals surface area contributed by atoms with Crippen LogP contribution in [0.3, 0.4) is 0 Å². The molecule has 0 radical (unpaired) electrons. The third-order valence-corrected chi connectivity index (χ3v) is 4.79. The van der Waals surface area contributed by atoms with Crippen LogP contribution in [0.5, 0.6) is 11.5 Å². The lowest BCUT2D eigenvalue weighted by Crippen LogP contribution is -2.32. The molecular formula is C24H20Cl2N4O5. The maximum absolute atomic E-state index is 12.2. The van der Waals surface area contributed by atoms with E-state index in [-0.39, 0.29) is 6.61 Å². The van der Waals surface area contributed by atoms with Gasteiger partial charge >= 0.3 is 11.8 Å². The fraction of sp³-hybridized carbons (Fsp3) is 0.0833. The van der Waals surface area contributed by atoms with E-state index in [4.69, 9.17) is 32.7 Å². The van der Waals surface area contributed by atoms with Crippen molar-refractivity contribution >= 4 is 58.5 Å².